The highest BCUT2D eigenvalue weighted by molar-refractivity contribution is 5.86. The summed E-state index contributed by atoms with van der Waals surface area (Å²) in [5.41, 5.74) is 5.06. The van der Waals surface area contributed by atoms with E-state index in [0.717, 1.165) is 19.5 Å². The predicted molar refractivity (Wildman–Crippen MR) is 60.9 cm³/mol. The lowest BCUT2D eigenvalue weighted by molar-refractivity contribution is -0.133. The maximum Gasteiger partial charge on any atom is 0.312 e. The molecule has 4 N–H and O–H groups in total. The summed E-state index contributed by atoms with van der Waals surface area (Å²) in [6.45, 7) is 4.97. The van der Waals surface area contributed by atoms with E-state index >= 15 is 0 Å². The Morgan fingerprint density at radius 3 is 2.56 bits per heavy atom. The summed E-state index contributed by atoms with van der Waals surface area (Å²) in [7, 11) is 0. The maximum atomic E-state index is 12.1. The normalized spacial score (nSPS) is 17.9. The minimum Gasteiger partial charge on any atom is -0.352 e. The van der Waals surface area contributed by atoms with Gasteiger partial charge in [0.05, 0.1) is 0 Å². The first kappa shape index (κ1) is 12.8. The summed E-state index contributed by atoms with van der Waals surface area (Å²) >= 11 is 0. The van der Waals surface area contributed by atoms with E-state index in [1.54, 1.807) is 4.90 Å². The molecule has 1 saturated heterocycles. The summed E-state index contributed by atoms with van der Waals surface area (Å²) < 4.78 is 0. The van der Waals surface area contributed by atoms with E-state index in [2.05, 4.69) is 10.6 Å². The van der Waals surface area contributed by atoms with Crippen molar-refractivity contribution < 1.29 is 9.59 Å². The number of hydrogen-bond acceptors (Lipinski definition) is 3. The van der Waals surface area contributed by atoms with E-state index < -0.39 is 12.1 Å². The molecule has 6 heteroatoms. The van der Waals surface area contributed by atoms with Crippen molar-refractivity contribution in [2.24, 2.45) is 5.73 Å². The van der Waals surface area contributed by atoms with Gasteiger partial charge in [-0.2, -0.15) is 0 Å². The van der Waals surface area contributed by atoms with Gasteiger partial charge in [-0.25, -0.2) is 4.79 Å². The smallest absolute Gasteiger partial charge is 0.312 e. The second kappa shape index (κ2) is 6.32. The lowest BCUT2D eigenvalue weighted by Gasteiger charge is -2.30. The number of primary amides is 1. The molecule has 0 saturated carbocycles. The number of nitrogens with zero attached hydrogens (tertiary/aromatic N) is 1. The molecule has 1 rings (SSSR count). The highest BCUT2D eigenvalue weighted by Crippen LogP contribution is 2.03. The summed E-state index contributed by atoms with van der Waals surface area (Å²) in [5, 5.41) is 5.68. The SMILES string of the molecule is CCC[C@@H](NC(N)=O)C(=O)N1CCNCC1. The standard InChI is InChI=1S/C10H20N4O2/c1-2-3-8(13-10(11)16)9(15)14-6-4-12-5-7-14/h8,12H,2-7H2,1H3,(H3,11,13,16)/t8-/m1/s1. The molecule has 0 aliphatic carbocycles. The molecule has 6 nitrogen and oxygen atoms in total. The number of urea groups is 1. The fraction of sp³-hybridized carbons (Fsp3) is 0.800. The van der Waals surface area contributed by atoms with Crippen molar-refractivity contribution in [3.8, 4) is 0 Å². The van der Waals surface area contributed by atoms with Crippen molar-refractivity contribution in [1.29, 1.82) is 0 Å². The largest absolute Gasteiger partial charge is 0.352 e. The first-order valence-corrected chi connectivity index (χ1v) is 5.70. The van der Waals surface area contributed by atoms with Crippen LogP contribution in [0.2, 0.25) is 0 Å². The number of hydrogen-bond donors (Lipinski definition) is 3. The molecule has 16 heavy (non-hydrogen) atoms. The highest BCUT2D eigenvalue weighted by Gasteiger charge is 2.25. The third-order valence-corrected chi connectivity index (χ3v) is 2.62. The Hall–Kier alpha value is -1.30. The average Bonchev–Trinajstić information content (AvgIpc) is 2.28. The van der Waals surface area contributed by atoms with Gasteiger partial charge in [-0.05, 0) is 6.42 Å². The topological polar surface area (TPSA) is 87.5 Å². The lowest BCUT2D eigenvalue weighted by atomic mass is 10.1. The number of carbonyl (C=O) groups excluding carboxylic acids is 2. The number of nitrogens with one attached hydrogen (secondary N) is 2. The van der Waals surface area contributed by atoms with Gasteiger partial charge in [0.15, 0.2) is 0 Å². The molecule has 0 bridgehead atoms. The Bertz CT molecular complexity index is 251. The molecule has 0 aromatic carbocycles. The Morgan fingerprint density at radius 1 is 1.44 bits per heavy atom. The van der Waals surface area contributed by atoms with E-state index in [9.17, 15) is 9.59 Å². The third-order valence-electron chi connectivity index (χ3n) is 2.62. The van der Waals surface area contributed by atoms with Crippen LogP contribution in [0.5, 0.6) is 0 Å². The van der Waals surface area contributed by atoms with Crippen LogP contribution >= 0.6 is 0 Å². The fourth-order valence-electron chi connectivity index (χ4n) is 1.82. The van der Waals surface area contributed by atoms with E-state index in [1.807, 2.05) is 6.92 Å². The molecule has 92 valence electrons. The van der Waals surface area contributed by atoms with Gasteiger partial charge in [0.25, 0.3) is 0 Å². The monoisotopic (exact) mass is 228 g/mol. The van der Waals surface area contributed by atoms with Crippen LogP contribution in [-0.4, -0.2) is 49.1 Å². The van der Waals surface area contributed by atoms with Crippen LogP contribution in [0.1, 0.15) is 19.8 Å². The Balaban J connectivity index is 2.54. The van der Waals surface area contributed by atoms with Gasteiger partial charge < -0.3 is 21.3 Å². The first-order chi connectivity index (χ1) is 7.65. The number of piperazine rings is 1. The molecule has 1 aliphatic rings. The third kappa shape index (κ3) is 3.69. The number of nitrogens with two attached hydrogens (primary N) is 1. The molecule has 0 unspecified atom stereocenters. The van der Waals surface area contributed by atoms with Gasteiger partial charge in [-0.15, -0.1) is 0 Å². The molecule has 1 aliphatic heterocycles. The maximum absolute atomic E-state index is 12.1. The molecular formula is C10H20N4O2. The minimum atomic E-state index is -0.637. The summed E-state index contributed by atoms with van der Waals surface area (Å²) in [6, 6.07) is -1.11. The van der Waals surface area contributed by atoms with Gasteiger partial charge in [0.2, 0.25) is 5.91 Å². The quantitative estimate of drug-likeness (QED) is 0.592. The Morgan fingerprint density at radius 2 is 2.06 bits per heavy atom. The number of carbonyl (C=O) groups is 2. The fourth-order valence-corrected chi connectivity index (χ4v) is 1.82. The zero-order chi connectivity index (χ0) is 12.0. The zero-order valence-corrected chi connectivity index (χ0v) is 9.66. The van der Waals surface area contributed by atoms with Crippen LogP contribution in [-0.2, 0) is 4.79 Å². The van der Waals surface area contributed by atoms with Crippen molar-refractivity contribution in [3.05, 3.63) is 0 Å². The molecule has 0 aromatic heterocycles. The van der Waals surface area contributed by atoms with E-state index in [-0.39, 0.29) is 5.91 Å². The highest BCUT2D eigenvalue weighted by atomic mass is 16.2. The van der Waals surface area contributed by atoms with Gasteiger partial charge in [0, 0.05) is 26.2 Å². The molecule has 1 fully saturated rings. The average molecular weight is 228 g/mol. The van der Waals surface area contributed by atoms with Gasteiger partial charge in [-0.1, -0.05) is 13.3 Å². The second-order valence-electron chi connectivity index (χ2n) is 3.93. The number of amides is 3. The molecule has 0 aromatic rings. The van der Waals surface area contributed by atoms with E-state index in [4.69, 9.17) is 5.73 Å². The van der Waals surface area contributed by atoms with Crippen LogP contribution in [0, 0.1) is 0 Å². The van der Waals surface area contributed by atoms with Crippen molar-refractivity contribution in [1.82, 2.24) is 15.5 Å². The van der Waals surface area contributed by atoms with Crippen LogP contribution in [0.25, 0.3) is 0 Å². The van der Waals surface area contributed by atoms with Gasteiger partial charge >= 0.3 is 6.03 Å². The molecular weight excluding hydrogens is 208 g/mol. The molecule has 3 amide bonds. The van der Waals surface area contributed by atoms with Crippen LogP contribution in [0.4, 0.5) is 4.79 Å². The van der Waals surface area contributed by atoms with Crippen molar-refractivity contribution >= 4 is 11.9 Å². The summed E-state index contributed by atoms with van der Waals surface area (Å²) in [5.74, 6) is -0.0258. The Kier molecular flexibility index (Phi) is 5.04. The van der Waals surface area contributed by atoms with Crippen molar-refractivity contribution in [2.75, 3.05) is 26.2 Å². The zero-order valence-electron chi connectivity index (χ0n) is 9.66. The van der Waals surface area contributed by atoms with E-state index in [1.165, 1.54) is 0 Å². The predicted octanol–water partition coefficient (Wildman–Crippen LogP) is -0.745. The van der Waals surface area contributed by atoms with Crippen molar-refractivity contribution in [2.45, 2.75) is 25.8 Å². The van der Waals surface area contributed by atoms with Crippen LogP contribution < -0.4 is 16.4 Å². The second-order valence-corrected chi connectivity index (χ2v) is 3.93. The van der Waals surface area contributed by atoms with Gasteiger partial charge in [0.1, 0.15) is 6.04 Å². The van der Waals surface area contributed by atoms with Gasteiger partial charge in [-0.3, -0.25) is 4.79 Å². The van der Waals surface area contributed by atoms with Crippen LogP contribution in [0.3, 0.4) is 0 Å². The molecule has 1 heterocycles. The summed E-state index contributed by atoms with van der Waals surface area (Å²) in [4.78, 5) is 24.6. The van der Waals surface area contributed by atoms with Crippen LogP contribution in [0.15, 0.2) is 0 Å². The minimum absolute atomic E-state index is 0.0258. The molecule has 1 atom stereocenters. The Labute approximate surface area is 95.5 Å². The van der Waals surface area contributed by atoms with Crippen molar-refractivity contribution in [3.63, 3.8) is 0 Å². The lowest BCUT2D eigenvalue weighted by Crippen LogP contribution is -2.54. The number of rotatable bonds is 4. The molecule has 0 spiro atoms. The summed E-state index contributed by atoms with van der Waals surface area (Å²) in [6.07, 6.45) is 1.47. The molecule has 0 radical (unpaired) electrons. The van der Waals surface area contributed by atoms with E-state index in [0.29, 0.717) is 19.5 Å². The first-order valence-electron chi connectivity index (χ1n) is 5.70.